The third-order valence-corrected chi connectivity index (χ3v) is 5.58. The van der Waals surface area contributed by atoms with Crippen molar-refractivity contribution < 1.29 is 0 Å². The van der Waals surface area contributed by atoms with Crippen LogP contribution < -0.4 is 0 Å². The van der Waals surface area contributed by atoms with Crippen LogP contribution in [0.2, 0.25) is 0 Å². The minimum Gasteiger partial charge on any atom is -0.0651 e. The second-order valence-corrected chi connectivity index (χ2v) is 7.69. The van der Waals surface area contributed by atoms with E-state index < -0.39 is 0 Å². The third kappa shape index (κ3) is 37.9. The van der Waals surface area contributed by atoms with Crippen molar-refractivity contribution in [3.63, 3.8) is 0 Å². The van der Waals surface area contributed by atoms with E-state index in [0.29, 0.717) is 0 Å². The highest BCUT2D eigenvalue weighted by atomic mass is 14.0. The van der Waals surface area contributed by atoms with E-state index in [2.05, 4.69) is 83.1 Å². The Morgan fingerprint density at radius 2 is 0.375 bits per heavy atom. The van der Waals surface area contributed by atoms with Crippen LogP contribution in [0.4, 0.5) is 0 Å². The highest BCUT2D eigenvalue weighted by Gasteiger charge is 1.90. The maximum Gasteiger partial charge on any atom is -0.0448 e. The lowest BCUT2D eigenvalue weighted by Crippen LogP contribution is -1.85. The first-order valence-corrected chi connectivity index (χ1v) is 11.2. The standard InChI is InChI=1S/4C6H14/c4*1-4-6(3)5-2/h4*6H,4-5H2,1-3H3. The topological polar surface area (TPSA) is 0 Å². The number of rotatable bonds is 8. The third-order valence-electron chi connectivity index (χ3n) is 5.58. The Kier molecular flexibility index (Phi) is 36.8. The smallest absolute Gasteiger partial charge is 0.0448 e. The van der Waals surface area contributed by atoms with Crippen molar-refractivity contribution in [1.82, 2.24) is 0 Å². The molecule has 0 amide bonds. The van der Waals surface area contributed by atoms with Crippen LogP contribution in [0.3, 0.4) is 0 Å². The average molecular weight is 345 g/mol. The Bertz CT molecular complexity index is 117. The first-order chi connectivity index (χ1) is 11.2. The molecule has 0 heteroatoms. The molecular formula is C24H56. The van der Waals surface area contributed by atoms with Gasteiger partial charge in [-0.15, -0.1) is 0 Å². The van der Waals surface area contributed by atoms with Gasteiger partial charge in [0, 0.05) is 0 Å². The highest BCUT2D eigenvalue weighted by molar-refractivity contribution is 4.43. The van der Waals surface area contributed by atoms with Gasteiger partial charge in [0.25, 0.3) is 0 Å². The van der Waals surface area contributed by atoms with Crippen LogP contribution in [-0.2, 0) is 0 Å². The molecule has 0 aromatic heterocycles. The van der Waals surface area contributed by atoms with Gasteiger partial charge in [-0.3, -0.25) is 0 Å². The average Bonchev–Trinajstić information content (AvgIpc) is 2.66. The maximum atomic E-state index is 2.28. The van der Waals surface area contributed by atoms with Gasteiger partial charge in [-0.05, 0) is 23.7 Å². The fourth-order valence-electron chi connectivity index (χ4n) is 1.15. The van der Waals surface area contributed by atoms with Gasteiger partial charge in [-0.1, -0.05) is 134 Å². The molecule has 0 aliphatic rings. The van der Waals surface area contributed by atoms with Gasteiger partial charge in [0.15, 0.2) is 0 Å². The largest absolute Gasteiger partial charge is 0.0651 e. The van der Waals surface area contributed by atoms with Crippen LogP contribution in [0.25, 0.3) is 0 Å². The molecule has 0 fully saturated rings. The highest BCUT2D eigenvalue weighted by Crippen LogP contribution is 2.04. The van der Waals surface area contributed by atoms with Crippen LogP contribution >= 0.6 is 0 Å². The van der Waals surface area contributed by atoms with Crippen LogP contribution in [0.5, 0.6) is 0 Å². The van der Waals surface area contributed by atoms with Gasteiger partial charge in [0.05, 0.1) is 0 Å². The molecule has 0 spiro atoms. The fourth-order valence-corrected chi connectivity index (χ4v) is 1.15. The van der Waals surface area contributed by atoms with E-state index >= 15 is 0 Å². The van der Waals surface area contributed by atoms with Crippen molar-refractivity contribution in [3.05, 3.63) is 0 Å². The van der Waals surface area contributed by atoms with Crippen molar-refractivity contribution >= 4 is 0 Å². The molecule has 0 saturated heterocycles. The number of hydrogen-bond donors (Lipinski definition) is 0. The van der Waals surface area contributed by atoms with Gasteiger partial charge in [-0.25, -0.2) is 0 Å². The SMILES string of the molecule is CCC(C)CC.CCC(C)CC.CCC(C)CC.CCC(C)CC. The molecular weight excluding hydrogens is 288 g/mol. The summed E-state index contributed by atoms with van der Waals surface area (Å²) in [4.78, 5) is 0. The van der Waals surface area contributed by atoms with E-state index in [9.17, 15) is 0 Å². The normalized spacial score (nSPS) is 10.0. The zero-order valence-electron chi connectivity index (χ0n) is 20.0. The first kappa shape index (κ1) is 31.7. The summed E-state index contributed by atoms with van der Waals surface area (Å²) in [5, 5.41) is 0. The van der Waals surface area contributed by atoms with E-state index in [1.54, 1.807) is 0 Å². The van der Waals surface area contributed by atoms with Crippen molar-refractivity contribution in [2.24, 2.45) is 23.7 Å². The summed E-state index contributed by atoms with van der Waals surface area (Å²) in [6.45, 7) is 27.0. The minimum absolute atomic E-state index is 0.935. The molecule has 0 aromatic carbocycles. The molecule has 0 aliphatic heterocycles. The molecule has 152 valence electrons. The second kappa shape index (κ2) is 27.8. The van der Waals surface area contributed by atoms with Gasteiger partial charge in [-0.2, -0.15) is 0 Å². The van der Waals surface area contributed by atoms with Gasteiger partial charge >= 0.3 is 0 Å². The summed E-state index contributed by atoms with van der Waals surface area (Å²) >= 11 is 0. The van der Waals surface area contributed by atoms with E-state index in [1.165, 1.54) is 51.4 Å². The lowest BCUT2D eigenvalue weighted by Gasteiger charge is -1.98. The Morgan fingerprint density at radius 3 is 0.375 bits per heavy atom. The minimum atomic E-state index is 0.935. The predicted octanol–water partition coefficient (Wildman–Crippen LogP) is 9.77. The van der Waals surface area contributed by atoms with Gasteiger partial charge in [0.1, 0.15) is 0 Å². The van der Waals surface area contributed by atoms with E-state index in [1.807, 2.05) is 0 Å². The van der Waals surface area contributed by atoms with Crippen LogP contribution in [0, 0.1) is 23.7 Å². The van der Waals surface area contributed by atoms with E-state index in [-0.39, 0.29) is 0 Å². The molecule has 0 aliphatic carbocycles. The zero-order chi connectivity index (χ0) is 20.0. The summed E-state index contributed by atoms with van der Waals surface area (Å²) in [7, 11) is 0. The summed E-state index contributed by atoms with van der Waals surface area (Å²) in [6.07, 6.45) is 10.6. The molecule has 0 N–H and O–H groups in total. The molecule has 0 radical (unpaired) electrons. The molecule has 0 saturated carbocycles. The molecule has 0 aromatic rings. The van der Waals surface area contributed by atoms with Gasteiger partial charge < -0.3 is 0 Å². The lowest BCUT2D eigenvalue weighted by atomic mass is 10.1. The van der Waals surface area contributed by atoms with Crippen molar-refractivity contribution in [3.8, 4) is 0 Å². The summed E-state index contributed by atoms with van der Waals surface area (Å²) in [6, 6.07) is 0. The van der Waals surface area contributed by atoms with Crippen LogP contribution in [-0.4, -0.2) is 0 Å². The van der Waals surface area contributed by atoms with E-state index in [0.717, 1.165) is 23.7 Å². The molecule has 0 unspecified atom stereocenters. The summed E-state index contributed by atoms with van der Waals surface area (Å²) in [5.41, 5.74) is 0. The Hall–Kier alpha value is 0. The molecule has 0 nitrogen and oxygen atoms in total. The molecule has 0 rings (SSSR count). The maximum absolute atomic E-state index is 2.28. The predicted molar refractivity (Wildman–Crippen MR) is 119 cm³/mol. The Morgan fingerprint density at radius 1 is 0.292 bits per heavy atom. The Balaban J connectivity index is -0.000000111. The Labute approximate surface area is 158 Å². The number of hydrogen-bond acceptors (Lipinski definition) is 0. The second-order valence-electron chi connectivity index (χ2n) is 7.69. The van der Waals surface area contributed by atoms with Gasteiger partial charge in [0.2, 0.25) is 0 Å². The molecule has 0 atom stereocenters. The quantitative estimate of drug-likeness (QED) is 0.411. The molecule has 0 heterocycles. The summed E-state index contributed by atoms with van der Waals surface area (Å²) < 4.78 is 0. The van der Waals surface area contributed by atoms with Crippen molar-refractivity contribution in [1.29, 1.82) is 0 Å². The van der Waals surface area contributed by atoms with Crippen molar-refractivity contribution in [2.75, 3.05) is 0 Å². The van der Waals surface area contributed by atoms with E-state index in [4.69, 9.17) is 0 Å². The van der Waals surface area contributed by atoms with Crippen LogP contribution in [0.15, 0.2) is 0 Å². The monoisotopic (exact) mass is 344 g/mol. The molecule has 0 bridgehead atoms. The summed E-state index contributed by atoms with van der Waals surface area (Å²) in [5.74, 6) is 3.74. The molecule has 24 heavy (non-hydrogen) atoms. The zero-order valence-corrected chi connectivity index (χ0v) is 20.0. The fraction of sp³-hybridized carbons (Fsp3) is 1.00. The lowest BCUT2D eigenvalue weighted by molar-refractivity contribution is 0.544. The first-order valence-electron chi connectivity index (χ1n) is 11.2. The van der Waals surface area contributed by atoms with Crippen LogP contribution in [0.1, 0.15) is 134 Å². The van der Waals surface area contributed by atoms with Crippen molar-refractivity contribution in [2.45, 2.75) is 134 Å².